The van der Waals surface area contributed by atoms with Gasteiger partial charge in [-0.15, -0.1) is 0 Å². The van der Waals surface area contributed by atoms with Crippen molar-refractivity contribution in [3.8, 4) is 11.5 Å². The average Bonchev–Trinajstić information content (AvgIpc) is 2.68. The van der Waals surface area contributed by atoms with Crippen LogP contribution >= 0.6 is 11.6 Å². The number of carboxylic acids is 1. The lowest BCUT2D eigenvalue weighted by Gasteiger charge is -2.15. The summed E-state index contributed by atoms with van der Waals surface area (Å²) in [6.45, 7) is -0.238. The van der Waals surface area contributed by atoms with Crippen LogP contribution in [0, 0.1) is 5.82 Å². The molecule has 1 atom stereocenters. The Morgan fingerprint density at radius 3 is 2.76 bits per heavy atom. The molecular weight excluding hydrogens is 405 g/mol. The van der Waals surface area contributed by atoms with Crippen molar-refractivity contribution in [1.29, 1.82) is 0 Å². The number of carboxylic acid groups (broad SMARTS) is 1. The maximum absolute atomic E-state index is 13.4. The van der Waals surface area contributed by atoms with Crippen LogP contribution in [0.15, 0.2) is 36.7 Å². The lowest BCUT2D eigenvalue weighted by Crippen LogP contribution is -2.21. The first-order chi connectivity index (χ1) is 13.9. The molecule has 1 heterocycles. The van der Waals surface area contributed by atoms with E-state index in [1.165, 1.54) is 31.6 Å². The van der Waals surface area contributed by atoms with Crippen molar-refractivity contribution in [2.75, 3.05) is 19.0 Å². The van der Waals surface area contributed by atoms with Gasteiger partial charge in [-0.25, -0.2) is 14.4 Å². The van der Waals surface area contributed by atoms with E-state index in [1.807, 2.05) is 0 Å². The minimum absolute atomic E-state index is 0.0357. The topological polar surface area (TPSA) is 114 Å². The van der Waals surface area contributed by atoms with Crippen molar-refractivity contribution in [2.45, 2.75) is 12.5 Å². The third-order valence-corrected chi connectivity index (χ3v) is 4.23. The second-order valence-corrected chi connectivity index (χ2v) is 6.47. The second-order valence-electron chi connectivity index (χ2n) is 6.06. The van der Waals surface area contributed by atoms with Crippen LogP contribution in [0.4, 0.5) is 15.9 Å². The minimum Gasteiger partial charge on any atom is -0.493 e. The number of aliphatic carboxylic acids is 1. The van der Waals surface area contributed by atoms with Crippen molar-refractivity contribution >= 4 is 40.0 Å². The molecule has 0 saturated carbocycles. The number of methoxy groups -OCH3 is 1. The maximum Gasteiger partial charge on any atom is 0.306 e. The molecule has 0 aliphatic rings. The van der Waals surface area contributed by atoms with E-state index in [-0.39, 0.29) is 17.4 Å². The molecule has 0 bridgehead atoms. The molecule has 2 aromatic carbocycles. The van der Waals surface area contributed by atoms with Crippen LogP contribution in [-0.2, 0) is 4.79 Å². The molecule has 29 heavy (non-hydrogen) atoms. The molecule has 152 valence electrons. The van der Waals surface area contributed by atoms with Gasteiger partial charge in [-0.2, -0.15) is 0 Å². The molecule has 1 unspecified atom stereocenters. The summed E-state index contributed by atoms with van der Waals surface area (Å²) < 4.78 is 24.2. The van der Waals surface area contributed by atoms with E-state index in [4.69, 9.17) is 26.2 Å². The van der Waals surface area contributed by atoms with E-state index in [0.717, 1.165) is 0 Å². The highest BCUT2D eigenvalue weighted by molar-refractivity contribution is 6.31. The number of fused-ring (bicyclic) bond motifs is 1. The van der Waals surface area contributed by atoms with E-state index in [2.05, 4.69) is 15.3 Å². The maximum atomic E-state index is 13.4. The van der Waals surface area contributed by atoms with Crippen LogP contribution in [0.5, 0.6) is 11.5 Å². The molecule has 3 rings (SSSR count). The second kappa shape index (κ2) is 8.89. The number of rotatable bonds is 8. The first-order valence-corrected chi connectivity index (χ1v) is 8.82. The van der Waals surface area contributed by atoms with Gasteiger partial charge in [0, 0.05) is 17.1 Å². The Hall–Kier alpha value is -3.17. The van der Waals surface area contributed by atoms with Gasteiger partial charge in [0.05, 0.1) is 30.2 Å². The van der Waals surface area contributed by atoms with Gasteiger partial charge in [0.15, 0.2) is 11.5 Å². The summed E-state index contributed by atoms with van der Waals surface area (Å²) in [7, 11) is 1.45. The number of nitrogens with zero attached hydrogens (tertiary/aromatic N) is 2. The number of aliphatic hydroxyl groups is 1. The van der Waals surface area contributed by atoms with E-state index < -0.39 is 24.3 Å². The summed E-state index contributed by atoms with van der Waals surface area (Å²) in [5, 5.41) is 22.0. The lowest BCUT2D eigenvalue weighted by molar-refractivity contribution is -0.139. The summed E-state index contributed by atoms with van der Waals surface area (Å²) in [5.74, 6) is -0.625. The van der Waals surface area contributed by atoms with Crippen molar-refractivity contribution in [3.63, 3.8) is 0 Å². The predicted molar refractivity (Wildman–Crippen MR) is 105 cm³/mol. The Morgan fingerprint density at radius 2 is 2.07 bits per heavy atom. The van der Waals surface area contributed by atoms with E-state index in [1.54, 1.807) is 12.1 Å². The molecule has 1 aromatic heterocycles. The smallest absolute Gasteiger partial charge is 0.306 e. The van der Waals surface area contributed by atoms with Gasteiger partial charge in [0.2, 0.25) is 0 Å². The van der Waals surface area contributed by atoms with Crippen LogP contribution in [0.2, 0.25) is 5.02 Å². The molecule has 3 N–H and O–H groups in total. The highest BCUT2D eigenvalue weighted by Crippen LogP contribution is 2.35. The van der Waals surface area contributed by atoms with Gasteiger partial charge in [-0.1, -0.05) is 11.6 Å². The summed E-state index contributed by atoms with van der Waals surface area (Å²) in [6, 6.07) is 7.40. The highest BCUT2D eigenvalue weighted by Gasteiger charge is 2.15. The molecule has 0 aliphatic heterocycles. The fourth-order valence-corrected chi connectivity index (χ4v) is 2.77. The zero-order chi connectivity index (χ0) is 21.0. The molecule has 0 radical (unpaired) electrons. The van der Waals surface area contributed by atoms with Crippen molar-refractivity contribution in [3.05, 3.63) is 47.5 Å². The molecule has 8 nitrogen and oxygen atoms in total. The number of benzene rings is 2. The number of aliphatic hydroxyl groups excluding tert-OH is 1. The Bertz CT molecular complexity index is 1050. The quantitative estimate of drug-likeness (QED) is 0.507. The third-order valence-electron chi connectivity index (χ3n) is 3.94. The average molecular weight is 422 g/mol. The zero-order valence-electron chi connectivity index (χ0n) is 15.2. The molecule has 3 aromatic rings. The van der Waals surface area contributed by atoms with Crippen LogP contribution < -0.4 is 14.8 Å². The number of hydrogen-bond donors (Lipinski definition) is 3. The fourth-order valence-electron chi connectivity index (χ4n) is 2.59. The van der Waals surface area contributed by atoms with Gasteiger partial charge in [0.1, 0.15) is 24.6 Å². The number of anilines is 2. The van der Waals surface area contributed by atoms with E-state index >= 15 is 0 Å². The number of ether oxygens (including phenoxy) is 2. The number of carbonyl (C=O) groups is 1. The number of halogens is 2. The fraction of sp³-hybridized carbons (Fsp3) is 0.211. The first kappa shape index (κ1) is 20.6. The molecule has 0 amide bonds. The SMILES string of the molecule is COc1cc2ncnc(Nc3ccc(F)c(Cl)c3)c2cc1OCC(O)CC(=O)O. The monoisotopic (exact) mass is 421 g/mol. The summed E-state index contributed by atoms with van der Waals surface area (Å²) in [6.07, 6.45) is -0.275. The predicted octanol–water partition coefficient (Wildman–Crippen LogP) is 3.39. The van der Waals surface area contributed by atoms with E-state index in [0.29, 0.717) is 28.2 Å². The summed E-state index contributed by atoms with van der Waals surface area (Å²) >= 11 is 5.82. The van der Waals surface area contributed by atoms with Crippen LogP contribution in [0.25, 0.3) is 10.9 Å². The van der Waals surface area contributed by atoms with E-state index in [9.17, 15) is 14.3 Å². The van der Waals surface area contributed by atoms with Crippen molar-refractivity contribution in [2.24, 2.45) is 0 Å². The Balaban J connectivity index is 1.93. The van der Waals surface area contributed by atoms with Crippen molar-refractivity contribution < 1.29 is 28.9 Å². The van der Waals surface area contributed by atoms with Gasteiger partial charge >= 0.3 is 5.97 Å². The van der Waals surface area contributed by atoms with Crippen molar-refractivity contribution in [1.82, 2.24) is 9.97 Å². The minimum atomic E-state index is -1.18. The summed E-state index contributed by atoms with van der Waals surface area (Å²) in [4.78, 5) is 19.1. The molecule has 0 spiro atoms. The Labute approximate surface area is 169 Å². The van der Waals surface area contributed by atoms with Crippen LogP contribution in [-0.4, -0.2) is 46.0 Å². The molecule has 0 fully saturated rings. The first-order valence-electron chi connectivity index (χ1n) is 8.45. The summed E-state index contributed by atoms with van der Waals surface area (Å²) in [5.41, 5.74) is 1.07. The van der Waals surface area contributed by atoms with Gasteiger partial charge in [-0.3, -0.25) is 4.79 Å². The number of nitrogens with one attached hydrogen (secondary N) is 1. The standard InChI is InChI=1S/C19H17ClFN3O5/c1-28-16-7-15-12(6-17(16)29-8-11(25)5-18(26)27)19(23-9-22-15)24-10-2-3-14(21)13(20)4-10/h2-4,6-7,9,11,25H,5,8H2,1H3,(H,26,27)(H,22,23,24). The molecule has 10 heteroatoms. The van der Waals surface area contributed by atoms with Gasteiger partial charge in [-0.05, 0) is 24.3 Å². The zero-order valence-corrected chi connectivity index (χ0v) is 16.0. The Morgan fingerprint density at radius 1 is 1.28 bits per heavy atom. The van der Waals surface area contributed by atoms with Crippen LogP contribution in [0.3, 0.4) is 0 Å². The molecular formula is C19H17ClFN3O5. The number of aromatic nitrogens is 2. The third kappa shape index (κ3) is 5.01. The van der Waals surface area contributed by atoms with Crippen LogP contribution in [0.1, 0.15) is 6.42 Å². The van der Waals surface area contributed by atoms with Gasteiger partial charge < -0.3 is 25.0 Å². The lowest BCUT2D eigenvalue weighted by atomic mass is 10.2. The largest absolute Gasteiger partial charge is 0.493 e. The number of hydrogen-bond acceptors (Lipinski definition) is 7. The normalized spacial score (nSPS) is 11.9. The highest BCUT2D eigenvalue weighted by atomic mass is 35.5. The van der Waals surface area contributed by atoms with Gasteiger partial charge in [0.25, 0.3) is 0 Å². The Kier molecular flexibility index (Phi) is 6.30. The molecule has 0 saturated heterocycles. The molecule has 0 aliphatic carbocycles.